The maximum Gasteiger partial charge on any atom is 0.287 e. The van der Waals surface area contributed by atoms with Crippen molar-refractivity contribution in [3.05, 3.63) is 34.9 Å². The highest BCUT2D eigenvalue weighted by Gasteiger charge is 2.50. The second-order valence-corrected chi connectivity index (χ2v) is 14.5. The number of amidine groups is 1. The molecule has 4 aliphatic rings. The Bertz CT molecular complexity index is 1370. The normalized spacial score (nSPS) is 25.8. The molecule has 0 saturated heterocycles. The standard InChI is InChI=1S/C23H30N4O6S3/c1-3-11-26(15-6-4-7-15)27-17-9-5-8-16(17)19(28)18(23(27)29)21-24-22-20(36(32,33)25-21)14(13-34-22)10-12-35(2,30)31/h3,13,15-17,28H,1,4-12H2,2H3,(H,24,25). The molecule has 2 saturated carbocycles. The Hall–Kier alpha value is -2.22. The van der Waals surface area contributed by atoms with Gasteiger partial charge in [0.05, 0.1) is 11.8 Å². The number of nitrogens with zero attached hydrogens (tertiary/aromatic N) is 3. The van der Waals surface area contributed by atoms with Crippen LogP contribution in [0.1, 0.15) is 44.1 Å². The summed E-state index contributed by atoms with van der Waals surface area (Å²) in [6.07, 6.45) is 8.19. The average Bonchev–Trinajstić information content (AvgIpc) is 3.38. The van der Waals surface area contributed by atoms with Gasteiger partial charge in [0, 0.05) is 24.8 Å². The Balaban J connectivity index is 1.53. The molecule has 196 valence electrons. The van der Waals surface area contributed by atoms with Crippen molar-refractivity contribution in [2.24, 2.45) is 10.3 Å². The number of hydrazine groups is 1. The Kier molecular flexibility index (Phi) is 6.54. The fourth-order valence-corrected chi connectivity index (χ4v) is 8.76. The van der Waals surface area contributed by atoms with Gasteiger partial charge in [0.15, 0.2) is 5.84 Å². The summed E-state index contributed by atoms with van der Waals surface area (Å²) in [5.74, 6) is -1.27. The number of nitrogens with one attached hydrogen (secondary N) is 1. The fourth-order valence-electron chi connectivity index (χ4n) is 5.50. The number of sulfonamides is 1. The number of hydrogen-bond donors (Lipinski definition) is 2. The zero-order chi connectivity index (χ0) is 25.8. The molecule has 36 heavy (non-hydrogen) atoms. The zero-order valence-corrected chi connectivity index (χ0v) is 22.5. The molecule has 3 heterocycles. The van der Waals surface area contributed by atoms with Crippen LogP contribution >= 0.6 is 11.3 Å². The van der Waals surface area contributed by atoms with E-state index in [1.54, 1.807) is 16.5 Å². The first-order valence-corrected chi connectivity index (χ1v) is 16.4. The zero-order valence-electron chi connectivity index (χ0n) is 20.0. The number of fused-ring (bicyclic) bond motifs is 2. The predicted molar refractivity (Wildman–Crippen MR) is 138 cm³/mol. The van der Waals surface area contributed by atoms with Gasteiger partial charge in [-0.05, 0) is 43.0 Å². The van der Waals surface area contributed by atoms with Crippen molar-refractivity contribution in [3.8, 4) is 0 Å². The molecule has 0 aromatic carbocycles. The summed E-state index contributed by atoms with van der Waals surface area (Å²) < 4.78 is 53.6. The van der Waals surface area contributed by atoms with Gasteiger partial charge in [-0.25, -0.2) is 13.4 Å². The lowest BCUT2D eigenvalue weighted by Gasteiger charge is -2.49. The van der Waals surface area contributed by atoms with Crippen LogP contribution in [0.2, 0.25) is 0 Å². The smallest absolute Gasteiger partial charge is 0.287 e. The van der Waals surface area contributed by atoms with Crippen LogP contribution in [-0.2, 0) is 31.1 Å². The molecule has 13 heteroatoms. The minimum Gasteiger partial charge on any atom is -0.511 e. The van der Waals surface area contributed by atoms with Crippen LogP contribution in [0.25, 0.3) is 0 Å². The second-order valence-electron chi connectivity index (χ2n) is 9.85. The molecular weight excluding hydrogens is 524 g/mol. The summed E-state index contributed by atoms with van der Waals surface area (Å²) >= 11 is 1.11. The number of aryl methyl sites for hydroxylation is 1. The number of rotatable bonds is 8. The third kappa shape index (κ3) is 4.39. The molecule has 5 rings (SSSR count). The number of sulfone groups is 1. The van der Waals surface area contributed by atoms with E-state index in [9.17, 15) is 26.7 Å². The summed E-state index contributed by atoms with van der Waals surface area (Å²) in [5, 5.41) is 19.8. The molecule has 1 aromatic heterocycles. The van der Waals surface area contributed by atoms with Gasteiger partial charge in [0.2, 0.25) is 0 Å². The quantitative estimate of drug-likeness (QED) is 0.468. The van der Waals surface area contributed by atoms with E-state index in [4.69, 9.17) is 0 Å². The lowest BCUT2D eigenvalue weighted by atomic mass is 9.89. The molecule has 2 N–H and O–H groups in total. The van der Waals surface area contributed by atoms with Gasteiger partial charge in [-0.2, -0.15) is 8.42 Å². The van der Waals surface area contributed by atoms with Gasteiger partial charge in [0.1, 0.15) is 31.1 Å². The third-order valence-electron chi connectivity index (χ3n) is 7.41. The Morgan fingerprint density at radius 2 is 2.03 bits per heavy atom. The molecule has 2 atom stereocenters. The van der Waals surface area contributed by atoms with Crippen LogP contribution in [0.5, 0.6) is 0 Å². The summed E-state index contributed by atoms with van der Waals surface area (Å²) in [6.45, 7) is 4.33. The van der Waals surface area contributed by atoms with Crippen LogP contribution in [0.3, 0.4) is 0 Å². The number of aliphatic hydroxyl groups is 1. The van der Waals surface area contributed by atoms with Gasteiger partial charge < -0.3 is 10.4 Å². The molecule has 2 aliphatic carbocycles. The van der Waals surface area contributed by atoms with E-state index in [1.165, 1.54) is 0 Å². The molecule has 0 radical (unpaired) electrons. The monoisotopic (exact) mass is 554 g/mol. The van der Waals surface area contributed by atoms with Crippen LogP contribution in [0, 0.1) is 5.92 Å². The average molecular weight is 555 g/mol. The lowest BCUT2D eigenvalue weighted by Crippen LogP contribution is -2.61. The first-order valence-electron chi connectivity index (χ1n) is 12.1. The minimum absolute atomic E-state index is 0.0404. The number of hydrogen-bond acceptors (Lipinski definition) is 9. The highest BCUT2D eigenvalue weighted by Crippen LogP contribution is 2.44. The van der Waals surface area contributed by atoms with Crippen molar-refractivity contribution < 1.29 is 26.7 Å². The van der Waals surface area contributed by atoms with Gasteiger partial charge in [0.25, 0.3) is 15.9 Å². The Morgan fingerprint density at radius 1 is 1.31 bits per heavy atom. The van der Waals surface area contributed by atoms with E-state index in [0.717, 1.165) is 49.7 Å². The van der Waals surface area contributed by atoms with Crippen molar-refractivity contribution in [3.63, 3.8) is 0 Å². The van der Waals surface area contributed by atoms with E-state index in [1.807, 2.05) is 5.01 Å². The first kappa shape index (κ1) is 25.4. The molecule has 1 aromatic rings. The van der Waals surface area contributed by atoms with Crippen molar-refractivity contribution in [1.82, 2.24) is 10.0 Å². The van der Waals surface area contributed by atoms with Gasteiger partial charge >= 0.3 is 0 Å². The van der Waals surface area contributed by atoms with Crippen LogP contribution < -0.4 is 5.32 Å². The van der Waals surface area contributed by atoms with Gasteiger partial charge in [-0.15, -0.1) is 22.3 Å². The number of carbonyl (C=O) groups excluding carboxylic acids is 1. The summed E-state index contributed by atoms with van der Waals surface area (Å²) in [7, 11) is -7.51. The molecular formula is C23H30N4O6S3. The number of thiophene rings is 1. The van der Waals surface area contributed by atoms with E-state index in [-0.39, 0.29) is 57.2 Å². The highest BCUT2D eigenvalue weighted by molar-refractivity contribution is 7.91. The van der Waals surface area contributed by atoms with E-state index < -0.39 is 25.8 Å². The molecule has 10 nitrogen and oxygen atoms in total. The first-order chi connectivity index (χ1) is 17.0. The highest BCUT2D eigenvalue weighted by atomic mass is 32.2. The molecule has 2 fully saturated rings. The van der Waals surface area contributed by atoms with Gasteiger partial charge in [-0.3, -0.25) is 9.80 Å². The molecule has 0 bridgehead atoms. The topological polar surface area (TPSA) is 136 Å². The maximum atomic E-state index is 13.9. The van der Waals surface area contributed by atoms with Crippen molar-refractivity contribution in [2.75, 3.05) is 23.9 Å². The fraction of sp³-hybridized carbons (Fsp3) is 0.565. The molecule has 0 spiro atoms. The van der Waals surface area contributed by atoms with E-state index >= 15 is 0 Å². The lowest BCUT2D eigenvalue weighted by molar-refractivity contribution is -0.164. The third-order valence-corrected chi connectivity index (χ3v) is 10.8. The van der Waals surface area contributed by atoms with E-state index in [2.05, 4.69) is 16.3 Å². The molecule has 2 unspecified atom stereocenters. The van der Waals surface area contributed by atoms with E-state index in [0.29, 0.717) is 18.5 Å². The number of aliphatic hydroxyl groups excluding tert-OH is 1. The Labute approximate surface area is 215 Å². The molecule has 1 amide bonds. The van der Waals surface area contributed by atoms with Gasteiger partial charge in [-0.1, -0.05) is 18.9 Å². The van der Waals surface area contributed by atoms with Crippen molar-refractivity contribution >= 4 is 47.9 Å². The van der Waals surface area contributed by atoms with Crippen molar-refractivity contribution in [2.45, 2.75) is 61.9 Å². The second kappa shape index (κ2) is 9.26. The van der Waals surface area contributed by atoms with Crippen LogP contribution in [-0.4, -0.2) is 74.3 Å². The minimum atomic E-state index is -4.23. The van der Waals surface area contributed by atoms with Crippen molar-refractivity contribution in [1.29, 1.82) is 0 Å². The predicted octanol–water partition coefficient (Wildman–Crippen LogP) is 2.63. The van der Waals surface area contributed by atoms with Crippen LogP contribution in [0.4, 0.5) is 5.00 Å². The summed E-state index contributed by atoms with van der Waals surface area (Å²) in [4.78, 5) is 13.9. The Morgan fingerprint density at radius 3 is 2.67 bits per heavy atom. The molecule has 2 aliphatic heterocycles. The van der Waals surface area contributed by atoms with Crippen LogP contribution in [0.15, 0.2) is 38.7 Å². The summed E-state index contributed by atoms with van der Waals surface area (Å²) in [5.41, 5.74) is 0.246. The number of amides is 1. The summed E-state index contributed by atoms with van der Waals surface area (Å²) in [6, 6.07) is 0.00322. The number of anilines is 1. The largest absolute Gasteiger partial charge is 0.511 e. The number of carbonyl (C=O) groups is 1. The SMILES string of the molecule is C=CCN(C1CCC1)N1C(=O)C(C2=NS(=O)(=O)c3c(CCS(C)(=O)=O)csc3N2)=C(O)C2CCCC21. The maximum absolute atomic E-state index is 13.9.